The highest BCUT2D eigenvalue weighted by Gasteiger charge is 2.39. The first-order valence-electron chi connectivity index (χ1n) is 9.23. The lowest BCUT2D eigenvalue weighted by molar-refractivity contribution is 0.0575. The maximum absolute atomic E-state index is 13.0. The molecule has 3 aliphatic heterocycles. The Hall–Kier alpha value is -2.21. The van der Waals surface area contributed by atoms with Crippen LogP contribution in [0.3, 0.4) is 0 Å². The summed E-state index contributed by atoms with van der Waals surface area (Å²) in [5.74, 6) is 0.488. The average Bonchev–Trinajstić information content (AvgIpc) is 2.98. The Bertz CT molecular complexity index is 804. The fourth-order valence-electron chi connectivity index (χ4n) is 4.01. The highest BCUT2D eigenvalue weighted by atomic mass is 32.1. The number of thiophene rings is 1. The van der Waals surface area contributed by atoms with Gasteiger partial charge in [0.1, 0.15) is 0 Å². The number of rotatable bonds is 3. The van der Waals surface area contributed by atoms with Crippen LogP contribution in [0, 0.1) is 5.92 Å². The van der Waals surface area contributed by atoms with Gasteiger partial charge in [-0.2, -0.15) is 0 Å². The Labute approximate surface area is 157 Å². The Morgan fingerprint density at radius 3 is 2.81 bits per heavy atom. The third kappa shape index (κ3) is 3.26. The Kier molecular flexibility index (Phi) is 4.76. The van der Waals surface area contributed by atoms with Gasteiger partial charge in [0.15, 0.2) is 0 Å². The summed E-state index contributed by atoms with van der Waals surface area (Å²) in [4.78, 5) is 35.1. The van der Waals surface area contributed by atoms with Crippen molar-refractivity contribution in [3.63, 3.8) is 0 Å². The summed E-state index contributed by atoms with van der Waals surface area (Å²) in [6, 6.07) is 5.72. The lowest BCUT2D eigenvalue weighted by Gasteiger charge is -2.35. The van der Waals surface area contributed by atoms with Gasteiger partial charge in [-0.05, 0) is 43.4 Å². The SMILES string of the molecule is CCc1cc(C(=O)N2C[C@H]3CC[C@@H]2CN(C(=O)c2cccnc2)C3)cs1. The quantitative estimate of drug-likeness (QED) is 0.835. The Balaban J connectivity index is 1.53. The largest absolute Gasteiger partial charge is 0.336 e. The number of amides is 2. The van der Waals surface area contributed by atoms with E-state index in [0.717, 1.165) is 37.9 Å². The average molecular weight is 369 g/mol. The van der Waals surface area contributed by atoms with E-state index in [9.17, 15) is 9.59 Å². The molecule has 0 radical (unpaired) electrons. The van der Waals surface area contributed by atoms with Crippen molar-refractivity contribution in [1.29, 1.82) is 0 Å². The first-order valence-corrected chi connectivity index (χ1v) is 10.1. The minimum Gasteiger partial charge on any atom is -0.336 e. The van der Waals surface area contributed by atoms with Crippen LogP contribution >= 0.6 is 11.3 Å². The van der Waals surface area contributed by atoms with Crippen molar-refractivity contribution in [3.05, 3.63) is 52.0 Å². The molecule has 0 unspecified atom stereocenters. The van der Waals surface area contributed by atoms with E-state index in [1.54, 1.807) is 29.8 Å². The number of aryl methyl sites for hydroxylation is 1. The van der Waals surface area contributed by atoms with Crippen LogP contribution in [0.5, 0.6) is 0 Å². The van der Waals surface area contributed by atoms with E-state index in [2.05, 4.69) is 11.9 Å². The van der Waals surface area contributed by atoms with Crippen LogP contribution in [0.1, 0.15) is 45.4 Å². The molecule has 26 heavy (non-hydrogen) atoms. The molecule has 136 valence electrons. The number of piperidine rings is 1. The molecule has 0 saturated carbocycles. The molecule has 2 aromatic rings. The van der Waals surface area contributed by atoms with Gasteiger partial charge in [0, 0.05) is 48.3 Å². The minimum atomic E-state index is 0.0214. The molecule has 0 spiro atoms. The van der Waals surface area contributed by atoms with Crippen molar-refractivity contribution < 1.29 is 9.59 Å². The number of nitrogens with zero attached hydrogens (tertiary/aromatic N) is 3. The summed E-state index contributed by atoms with van der Waals surface area (Å²) in [6.45, 7) is 4.19. The van der Waals surface area contributed by atoms with Gasteiger partial charge in [-0.25, -0.2) is 0 Å². The second-order valence-electron chi connectivity index (χ2n) is 7.16. The summed E-state index contributed by atoms with van der Waals surface area (Å²) >= 11 is 1.65. The van der Waals surface area contributed by atoms with Crippen LogP contribution in [-0.2, 0) is 6.42 Å². The predicted octanol–water partition coefficient (Wildman–Crippen LogP) is 3.08. The van der Waals surface area contributed by atoms with Crippen LogP contribution in [-0.4, -0.2) is 52.3 Å². The van der Waals surface area contributed by atoms with E-state index < -0.39 is 0 Å². The van der Waals surface area contributed by atoms with Crippen molar-refractivity contribution in [1.82, 2.24) is 14.8 Å². The first kappa shape index (κ1) is 17.2. The molecule has 3 fully saturated rings. The molecule has 2 aromatic heterocycles. The van der Waals surface area contributed by atoms with E-state index in [1.807, 2.05) is 27.3 Å². The maximum Gasteiger partial charge on any atom is 0.255 e. The van der Waals surface area contributed by atoms with Crippen molar-refractivity contribution in [2.75, 3.05) is 19.6 Å². The molecule has 0 N–H and O–H groups in total. The molecule has 6 heteroatoms. The fourth-order valence-corrected chi connectivity index (χ4v) is 4.82. The molecular formula is C20H23N3O2S. The van der Waals surface area contributed by atoms with Gasteiger partial charge in [0.05, 0.1) is 11.1 Å². The summed E-state index contributed by atoms with van der Waals surface area (Å²) in [7, 11) is 0. The molecule has 0 aliphatic carbocycles. The highest BCUT2D eigenvalue weighted by molar-refractivity contribution is 7.10. The Morgan fingerprint density at radius 1 is 1.19 bits per heavy atom. The summed E-state index contributed by atoms with van der Waals surface area (Å²) in [5, 5.41) is 1.97. The van der Waals surface area contributed by atoms with Gasteiger partial charge in [-0.15, -0.1) is 11.3 Å². The van der Waals surface area contributed by atoms with Crippen LogP contribution in [0.15, 0.2) is 36.0 Å². The van der Waals surface area contributed by atoms with E-state index in [-0.39, 0.29) is 17.9 Å². The minimum absolute atomic E-state index is 0.0214. The molecular weight excluding hydrogens is 346 g/mol. The van der Waals surface area contributed by atoms with Gasteiger partial charge >= 0.3 is 0 Å². The van der Waals surface area contributed by atoms with Crippen LogP contribution in [0.4, 0.5) is 0 Å². The predicted molar refractivity (Wildman–Crippen MR) is 101 cm³/mol. The summed E-state index contributed by atoms with van der Waals surface area (Å²) < 4.78 is 0. The number of carbonyl (C=O) groups is 2. The third-order valence-corrected chi connectivity index (χ3v) is 6.50. The molecule has 5 heterocycles. The zero-order chi connectivity index (χ0) is 18.1. The molecule has 5 rings (SSSR count). The lowest BCUT2D eigenvalue weighted by atomic mass is 9.94. The second-order valence-corrected chi connectivity index (χ2v) is 8.16. The van der Waals surface area contributed by atoms with Crippen molar-refractivity contribution >= 4 is 23.2 Å². The number of aromatic nitrogens is 1. The van der Waals surface area contributed by atoms with Gasteiger partial charge in [0.25, 0.3) is 11.8 Å². The zero-order valence-electron chi connectivity index (χ0n) is 14.9. The maximum atomic E-state index is 13.0. The zero-order valence-corrected chi connectivity index (χ0v) is 15.7. The standard InChI is InChI=1S/C20H23N3O2S/c1-2-18-8-16(13-26-18)20(25)23-11-14-5-6-17(23)12-22(10-14)19(24)15-4-3-7-21-9-15/h3-4,7-9,13-14,17H,2,5-6,10-12H2,1H3/t14-,17+/m0/s1. The van der Waals surface area contributed by atoms with E-state index >= 15 is 0 Å². The van der Waals surface area contributed by atoms with E-state index in [1.165, 1.54) is 4.88 Å². The number of hydrogen-bond donors (Lipinski definition) is 0. The third-order valence-electron chi connectivity index (χ3n) is 5.42. The smallest absolute Gasteiger partial charge is 0.255 e. The second kappa shape index (κ2) is 7.19. The highest BCUT2D eigenvalue weighted by Crippen LogP contribution is 2.30. The van der Waals surface area contributed by atoms with Gasteiger partial charge < -0.3 is 9.80 Å². The lowest BCUT2D eigenvalue weighted by Crippen LogP contribution is -2.47. The summed E-state index contributed by atoms with van der Waals surface area (Å²) in [5.41, 5.74) is 1.42. The first-order chi connectivity index (χ1) is 12.7. The monoisotopic (exact) mass is 369 g/mol. The Morgan fingerprint density at radius 2 is 2.08 bits per heavy atom. The van der Waals surface area contributed by atoms with E-state index in [0.29, 0.717) is 18.0 Å². The van der Waals surface area contributed by atoms with Crippen LogP contribution < -0.4 is 0 Å². The number of pyridine rings is 1. The van der Waals surface area contributed by atoms with E-state index in [4.69, 9.17) is 0 Å². The van der Waals surface area contributed by atoms with Crippen LogP contribution in [0.25, 0.3) is 0 Å². The fraction of sp³-hybridized carbons (Fsp3) is 0.450. The van der Waals surface area contributed by atoms with Crippen molar-refractivity contribution in [2.45, 2.75) is 32.2 Å². The van der Waals surface area contributed by atoms with Crippen molar-refractivity contribution in [2.24, 2.45) is 5.92 Å². The molecule has 5 nitrogen and oxygen atoms in total. The topological polar surface area (TPSA) is 53.5 Å². The molecule has 2 atom stereocenters. The van der Waals surface area contributed by atoms with Crippen molar-refractivity contribution in [3.8, 4) is 0 Å². The molecule has 2 amide bonds. The number of fused-ring (bicyclic) bond motifs is 4. The molecule has 3 saturated heterocycles. The molecule has 2 bridgehead atoms. The summed E-state index contributed by atoms with van der Waals surface area (Å²) in [6.07, 6.45) is 6.30. The normalized spacial score (nSPS) is 22.3. The number of carbonyl (C=O) groups excluding carboxylic acids is 2. The van der Waals surface area contributed by atoms with Gasteiger partial charge in [-0.3, -0.25) is 14.6 Å². The van der Waals surface area contributed by atoms with Gasteiger partial charge in [0.2, 0.25) is 0 Å². The number of hydrogen-bond acceptors (Lipinski definition) is 4. The molecule has 3 aliphatic rings. The molecule has 0 aromatic carbocycles. The van der Waals surface area contributed by atoms with Gasteiger partial charge in [-0.1, -0.05) is 6.92 Å². The van der Waals surface area contributed by atoms with Crippen LogP contribution in [0.2, 0.25) is 0 Å².